The van der Waals surface area contributed by atoms with Gasteiger partial charge in [-0.25, -0.2) is 0 Å². The quantitative estimate of drug-likeness (QED) is 0.767. The molecule has 0 bridgehead atoms. The fourth-order valence-corrected chi connectivity index (χ4v) is 2.66. The van der Waals surface area contributed by atoms with Crippen molar-refractivity contribution in [2.24, 2.45) is 11.8 Å². The van der Waals surface area contributed by atoms with Crippen molar-refractivity contribution in [3.8, 4) is 0 Å². The van der Waals surface area contributed by atoms with Crippen LogP contribution in [0.25, 0.3) is 6.08 Å². The van der Waals surface area contributed by atoms with Crippen LogP contribution in [-0.2, 0) is 0 Å². The van der Waals surface area contributed by atoms with Gasteiger partial charge >= 0.3 is 0 Å². The Kier molecular flexibility index (Phi) is 5.47. The van der Waals surface area contributed by atoms with Crippen molar-refractivity contribution in [1.29, 1.82) is 0 Å². The lowest BCUT2D eigenvalue weighted by Gasteiger charge is -2.26. The Morgan fingerprint density at radius 2 is 1.83 bits per heavy atom. The molecule has 0 saturated heterocycles. The normalized spacial score (nSPS) is 24.5. The van der Waals surface area contributed by atoms with E-state index in [0.29, 0.717) is 0 Å². The summed E-state index contributed by atoms with van der Waals surface area (Å²) in [6, 6.07) is 10.5. The van der Waals surface area contributed by atoms with Gasteiger partial charge < -0.3 is 5.32 Å². The summed E-state index contributed by atoms with van der Waals surface area (Å²) in [5.74, 6) is 1.87. The maximum absolute atomic E-state index is 3.55. The van der Waals surface area contributed by atoms with Crippen molar-refractivity contribution in [2.45, 2.75) is 32.6 Å². The first kappa shape index (κ1) is 13.4. The monoisotopic (exact) mass is 243 g/mol. The third-order valence-corrected chi connectivity index (χ3v) is 3.94. The van der Waals surface area contributed by atoms with Crippen LogP contribution in [0.3, 0.4) is 0 Å². The maximum Gasteiger partial charge on any atom is 0.0138 e. The van der Waals surface area contributed by atoms with Crippen molar-refractivity contribution in [3.05, 3.63) is 42.0 Å². The molecule has 0 aromatic heterocycles. The SMILES string of the molecule is CC1CCC(CNC/C=C/c2ccccc2)CC1. The molecule has 0 aliphatic heterocycles. The van der Waals surface area contributed by atoms with E-state index >= 15 is 0 Å². The van der Waals surface area contributed by atoms with Gasteiger partial charge in [-0.3, -0.25) is 0 Å². The van der Waals surface area contributed by atoms with Crippen molar-refractivity contribution >= 4 is 6.08 Å². The minimum absolute atomic E-state index is 0.909. The highest BCUT2D eigenvalue weighted by Gasteiger charge is 2.17. The van der Waals surface area contributed by atoms with Gasteiger partial charge in [-0.15, -0.1) is 0 Å². The van der Waals surface area contributed by atoms with Gasteiger partial charge in [0, 0.05) is 6.54 Å². The van der Waals surface area contributed by atoms with Gasteiger partial charge in [-0.2, -0.15) is 0 Å². The second kappa shape index (κ2) is 7.38. The Hall–Kier alpha value is -1.08. The van der Waals surface area contributed by atoms with Gasteiger partial charge in [0.05, 0.1) is 0 Å². The van der Waals surface area contributed by atoms with Gasteiger partial charge in [0.25, 0.3) is 0 Å². The van der Waals surface area contributed by atoms with E-state index in [4.69, 9.17) is 0 Å². The molecule has 1 aromatic rings. The van der Waals surface area contributed by atoms with Crippen LogP contribution in [0.1, 0.15) is 38.2 Å². The van der Waals surface area contributed by atoms with Crippen LogP contribution in [0.5, 0.6) is 0 Å². The third-order valence-electron chi connectivity index (χ3n) is 3.94. The molecular weight excluding hydrogens is 218 g/mol. The summed E-state index contributed by atoms with van der Waals surface area (Å²) in [5.41, 5.74) is 1.28. The predicted octanol–water partition coefficient (Wildman–Crippen LogP) is 4.12. The Bertz CT molecular complexity index is 347. The van der Waals surface area contributed by atoms with Crippen LogP contribution in [-0.4, -0.2) is 13.1 Å². The van der Waals surface area contributed by atoms with E-state index < -0.39 is 0 Å². The first-order valence-corrected chi connectivity index (χ1v) is 7.27. The molecule has 1 aromatic carbocycles. The summed E-state index contributed by atoms with van der Waals surface area (Å²) in [5, 5.41) is 3.55. The maximum atomic E-state index is 3.55. The topological polar surface area (TPSA) is 12.0 Å². The summed E-state index contributed by atoms with van der Waals surface area (Å²) in [7, 11) is 0. The number of rotatable bonds is 5. The van der Waals surface area contributed by atoms with Crippen LogP contribution >= 0.6 is 0 Å². The second-order valence-corrected chi connectivity index (χ2v) is 5.60. The highest BCUT2D eigenvalue weighted by atomic mass is 14.8. The molecule has 1 fully saturated rings. The van der Waals surface area contributed by atoms with Crippen molar-refractivity contribution in [1.82, 2.24) is 5.32 Å². The molecule has 1 N–H and O–H groups in total. The van der Waals surface area contributed by atoms with E-state index in [2.05, 4.69) is 54.7 Å². The third kappa shape index (κ3) is 4.66. The zero-order chi connectivity index (χ0) is 12.6. The Morgan fingerprint density at radius 1 is 1.11 bits per heavy atom. The van der Waals surface area contributed by atoms with E-state index in [1.165, 1.54) is 37.8 Å². The minimum atomic E-state index is 0.909. The molecule has 0 unspecified atom stereocenters. The summed E-state index contributed by atoms with van der Waals surface area (Å²) >= 11 is 0. The fraction of sp³-hybridized carbons (Fsp3) is 0.529. The number of benzene rings is 1. The van der Waals surface area contributed by atoms with Gasteiger partial charge in [0.2, 0.25) is 0 Å². The lowest BCUT2D eigenvalue weighted by molar-refractivity contribution is 0.284. The molecule has 1 heteroatoms. The molecule has 1 saturated carbocycles. The lowest BCUT2D eigenvalue weighted by atomic mass is 9.83. The van der Waals surface area contributed by atoms with E-state index in [0.717, 1.165) is 18.4 Å². The first-order chi connectivity index (χ1) is 8.84. The molecule has 18 heavy (non-hydrogen) atoms. The summed E-state index contributed by atoms with van der Waals surface area (Å²) < 4.78 is 0. The van der Waals surface area contributed by atoms with Crippen LogP contribution in [0.2, 0.25) is 0 Å². The molecular formula is C17H25N. The molecule has 1 aliphatic rings. The molecule has 1 aliphatic carbocycles. The summed E-state index contributed by atoms with van der Waals surface area (Å²) in [6.45, 7) is 4.55. The Labute approximate surface area is 111 Å². The molecule has 0 spiro atoms. The van der Waals surface area contributed by atoms with E-state index in [1.807, 2.05) is 0 Å². The Balaban J connectivity index is 1.60. The van der Waals surface area contributed by atoms with Gasteiger partial charge in [0.15, 0.2) is 0 Å². The van der Waals surface area contributed by atoms with Crippen LogP contribution in [0.4, 0.5) is 0 Å². The lowest BCUT2D eigenvalue weighted by Crippen LogP contribution is -2.26. The van der Waals surface area contributed by atoms with Gasteiger partial charge in [-0.1, -0.05) is 62.2 Å². The highest BCUT2D eigenvalue weighted by Crippen LogP contribution is 2.27. The van der Waals surface area contributed by atoms with E-state index in [1.54, 1.807) is 0 Å². The summed E-state index contributed by atoms with van der Waals surface area (Å²) in [6.07, 6.45) is 10.1. The zero-order valence-electron chi connectivity index (χ0n) is 11.4. The highest BCUT2D eigenvalue weighted by molar-refractivity contribution is 5.48. The van der Waals surface area contributed by atoms with E-state index in [-0.39, 0.29) is 0 Å². The van der Waals surface area contributed by atoms with Crippen molar-refractivity contribution in [2.75, 3.05) is 13.1 Å². The zero-order valence-corrected chi connectivity index (χ0v) is 11.4. The number of hydrogen-bond acceptors (Lipinski definition) is 1. The van der Waals surface area contributed by atoms with Crippen LogP contribution < -0.4 is 5.32 Å². The number of hydrogen-bond donors (Lipinski definition) is 1. The standard InChI is InChI=1S/C17H25N/c1-15-9-11-17(12-10-15)14-18-13-5-8-16-6-3-2-4-7-16/h2-8,15,17-18H,9-14H2,1H3/b8-5+. The summed E-state index contributed by atoms with van der Waals surface area (Å²) in [4.78, 5) is 0. The number of nitrogens with one attached hydrogen (secondary N) is 1. The van der Waals surface area contributed by atoms with Gasteiger partial charge in [-0.05, 0) is 36.8 Å². The molecule has 0 radical (unpaired) electrons. The molecule has 0 heterocycles. The minimum Gasteiger partial charge on any atom is -0.313 e. The van der Waals surface area contributed by atoms with Crippen molar-refractivity contribution < 1.29 is 0 Å². The average Bonchev–Trinajstić information content (AvgIpc) is 2.42. The fourth-order valence-electron chi connectivity index (χ4n) is 2.66. The molecule has 1 nitrogen and oxygen atoms in total. The smallest absolute Gasteiger partial charge is 0.0138 e. The molecule has 0 amide bonds. The molecule has 0 atom stereocenters. The molecule has 98 valence electrons. The predicted molar refractivity (Wildman–Crippen MR) is 79.5 cm³/mol. The van der Waals surface area contributed by atoms with Crippen LogP contribution in [0.15, 0.2) is 36.4 Å². The largest absolute Gasteiger partial charge is 0.313 e. The van der Waals surface area contributed by atoms with Gasteiger partial charge in [0.1, 0.15) is 0 Å². The van der Waals surface area contributed by atoms with Crippen molar-refractivity contribution in [3.63, 3.8) is 0 Å². The average molecular weight is 243 g/mol. The second-order valence-electron chi connectivity index (χ2n) is 5.60. The Morgan fingerprint density at radius 3 is 2.56 bits per heavy atom. The van der Waals surface area contributed by atoms with Crippen LogP contribution in [0, 0.1) is 11.8 Å². The molecule has 2 rings (SSSR count). The first-order valence-electron chi connectivity index (χ1n) is 7.27. The van der Waals surface area contributed by atoms with E-state index in [9.17, 15) is 0 Å².